The number of carboxylic acids is 1. The van der Waals surface area contributed by atoms with Gasteiger partial charge in [0.25, 0.3) is 5.91 Å². The highest BCUT2D eigenvalue weighted by atomic mass is 35.5. The lowest BCUT2D eigenvalue weighted by atomic mass is 9.89. The minimum atomic E-state index is -3.75. The number of urea groups is 1. The molecule has 0 bridgehead atoms. The van der Waals surface area contributed by atoms with Crippen LogP contribution < -0.4 is 20.4 Å². The minimum Gasteiger partial charge on any atom is -0.477 e. The monoisotopic (exact) mass is 922 g/mol. The normalized spacial score (nSPS) is 20.1. The Morgan fingerprint density at radius 2 is 1.75 bits per heavy atom. The molecule has 0 spiro atoms. The van der Waals surface area contributed by atoms with Crippen molar-refractivity contribution in [2.24, 2.45) is 0 Å². The number of thiophene rings is 1. The van der Waals surface area contributed by atoms with E-state index in [9.17, 15) is 37.5 Å². The number of sulfonamides is 1. The molecule has 4 aliphatic heterocycles. The Balaban J connectivity index is 0.807. The third kappa shape index (κ3) is 8.23. The molecular weight excluding hydrogens is 876 g/mol. The highest BCUT2D eigenvalue weighted by Gasteiger charge is 2.43. The summed E-state index contributed by atoms with van der Waals surface area (Å²) in [4.78, 5) is 69.2. The van der Waals surface area contributed by atoms with E-state index < -0.39 is 33.5 Å². The summed E-state index contributed by atoms with van der Waals surface area (Å²) in [5.74, 6) is -2.29. The number of aromatic carboxylic acids is 1. The van der Waals surface area contributed by atoms with Crippen molar-refractivity contribution >= 4 is 90.5 Å². The van der Waals surface area contributed by atoms with Crippen LogP contribution in [-0.4, -0.2) is 96.3 Å². The summed E-state index contributed by atoms with van der Waals surface area (Å²) < 4.78 is 29.7. The molecule has 0 radical (unpaired) electrons. The summed E-state index contributed by atoms with van der Waals surface area (Å²) in [6.07, 6.45) is 2.91. The van der Waals surface area contributed by atoms with Crippen molar-refractivity contribution in [3.05, 3.63) is 112 Å². The standard InChI is InChI=1S/C47H47ClN6O8S2/c1-47(2)26-32(49-31-10-4-8-30(24-31)42-36(48)25-39(63-42)45(58)59)18-20-53(47)64(61,62)27-28-7-3-11-33(23-28)52-22-21-51(46(52)60)19-6-9-29-14-15-37-41-34(29)12-5-13-35(41)44(57)54(37)38-16-17-40(55)50-43(38)56/h3-5,7-8,10-15,23-25,32,38,49H,6,9,16-22,26-27H2,1-2H3,(H,58,59)(H,50,55,56)/t32-,38?/m0/s1. The first-order valence-corrected chi connectivity index (χ1v) is 24.2. The lowest BCUT2D eigenvalue weighted by molar-refractivity contribution is -0.134. The SMILES string of the molecule is CC1(C)C[C@@H](Nc2cccc(-c3sc(C(=O)O)cc3Cl)c2)CCN1S(=O)(=O)Cc1cccc(N2CCN(CCCc3ccc4c5c(cccc35)C(=O)N4C3CCC(=O)NC3=O)C2=O)c1. The molecule has 0 saturated carbocycles. The number of nitrogens with zero attached hydrogens (tertiary/aromatic N) is 4. The Bertz CT molecular complexity index is 2860. The van der Waals surface area contributed by atoms with Gasteiger partial charge in [-0.1, -0.05) is 54.1 Å². The molecule has 17 heteroatoms. The van der Waals surface area contributed by atoms with Gasteiger partial charge in [-0.05, 0) is 110 Å². The van der Waals surface area contributed by atoms with Gasteiger partial charge in [0.15, 0.2) is 0 Å². The van der Waals surface area contributed by atoms with Crippen LogP contribution in [0.2, 0.25) is 5.02 Å². The molecule has 3 saturated heterocycles. The molecule has 14 nitrogen and oxygen atoms in total. The van der Waals surface area contributed by atoms with Gasteiger partial charge >= 0.3 is 12.0 Å². The van der Waals surface area contributed by atoms with Gasteiger partial charge < -0.3 is 15.3 Å². The molecule has 1 unspecified atom stereocenters. The van der Waals surface area contributed by atoms with Crippen molar-refractivity contribution in [2.75, 3.05) is 41.3 Å². The first kappa shape index (κ1) is 43.4. The molecule has 5 aromatic rings. The van der Waals surface area contributed by atoms with Crippen molar-refractivity contribution in [2.45, 2.75) is 75.7 Å². The molecule has 4 aromatic carbocycles. The molecule has 1 aromatic heterocycles. The first-order chi connectivity index (χ1) is 30.6. The van der Waals surface area contributed by atoms with Crippen LogP contribution in [0.4, 0.5) is 21.9 Å². The van der Waals surface area contributed by atoms with Gasteiger partial charge in [0, 0.05) is 66.5 Å². The summed E-state index contributed by atoms with van der Waals surface area (Å²) in [5.41, 5.74) is 4.40. The Morgan fingerprint density at radius 3 is 2.52 bits per heavy atom. The molecule has 3 fully saturated rings. The van der Waals surface area contributed by atoms with E-state index in [0.717, 1.165) is 38.9 Å². The van der Waals surface area contributed by atoms with Crippen molar-refractivity contribution in [1.82, 2.24) is 14.5 Å². The smallest absolute Gasteiger partial charge is 0.345 e. The second kappa shape index (κ2) is 17.0. The lowest BCUT2D eigenvalue weighted by Gasteiger charge is -2.45. The zero-order valence-corrected chi connectivity index (χ0v) is 37.7. The second-order valence-corrected chi connectivity index (χ2v) is 20.8. The molecule has 332 valence electrons. The number of halogens is 1. The summed E-state index contributed by atoms with van der Waals surface area (Å²) in [6.45, 7) is 5.70. The molecule has 3 N–H and O–H groups in total. The highest BCUT2D eigenvalue weighted by molar-refractivity contribution is 7.88. The zero-order valence-electron chi connectivity index (χ0n) is 35.3. The fourth-order valence-electron chi connectivity index (χ4n) is 9.79. The summed E-state index contributed by atoms with van der Waals surface area (Å²) in [5, 5.41) is 17.4. The van der Waals surface area contributed by atoms with Crippen LogP contribution in [0.1, 0.15) is 77.1 Å². The third-order valence-electron chi connectivity index (χ3n) is 12.7. The van der Waals surface area contributed by atoms with Gasteiger partial charge in [-0.2, -0.15) is 4.31 Å². The van der Waals surface area contributed by atoms with E-state index in [2.05, 4.69) is 10.6 Å². The molecule has 5 amide bonds. The zero-order chi connectivity index (χ0) is 45.1. The maximum atomic E-state index is 14.1. The Labute approximate surface area is 379 Å². The number of hydrogen-bond acceptors (Lipinski definition) is 9. The fraction of sp³-hybridized carbons (Fsp3) is 0.340. The van der Waals surface area contributed by atoms with Crippen LogP contribution >= 0.6 is 22.9 Å². The highest BCUT2D eigenvalue weighted by Crippen LogP contribution is 2.42. The first-order valence-electron chi connectivity index (χ1n) is 21.4. The van der Waals surface area contributed by atoms with Gasteiger partial charge in [0.05, 0.1) is 21.3 Å². The molecular formula is C47H47ClN6O8S2. The van der Waals surface area contributed by atoms with Crippen molar-refractivity contribution in [3.63, 3.8) is 0 Å². The Morgan fingerprint density at radius 1 is 0.953 bits per heavy atom. The number of carboxylic acid groups (broad SMARTS) is 1. The molecule has 0 aliphatic carbocycles. The molecule has 2 atom stereocenters. The maximum Gasteiger partial charge on any atom is 0.345 e. The topological polar surface area (TPSA) is 177 Å². The van der Waals surface area contributed by atoms with Crippen molar-refractivity contribution < 1.29 is 37.5 Å². The van der Waals surface area contributed by atoms with Gasteiger partial charge in [-0.15, -0.1) is 11.3 Å². The molecule has 9 rings (SSSR count). The largest absolute Gasteiger partial charge is 0.477 e. The van der Waals surface area contributed by atoms with Crippen LogP contribution in [0.15, 0.2) is 84.9 Å². The Kier molecular flexibility index (Phi) is 11.5. The number of hydrogen-bond donors (Lipinski definition) is 3. The van der Waals surface area contributed by atoms with Gasteiger partial charge in [0.1, 0.15) is 10.9 Å². The van der Waals surface area contributed by atoms with Crippen LogP contribution in [0.25, 0.3) is 21.2 Å². The van der Waals surface area contributed by atoms with E-state index >= 15 is 0 Å². The van der Waals surface area contributed by atoms with E-state index in [4.69, 9.17) is 11.6 Å². The predicted molar refractivity (Wildman–Crippen MR) is 248 cm³/mol. The minimum absolute atomic E-state index is 0.0100. The van der Waals surface area contributed by atoms with Crippen LogP contribution in [-0.2, 0) is 31.8 Å². The average molecular weight is 924 g/mol. The fourth-order valence-corrected chi connectivity index (χ4v) is 13.0. The van der Waals surface area contributed by atoms with Crippen LogP contribution in [0.3, 0.4) is 0 Å². The number of benzene rings is 4. The Hall–Kier alpha value is -5.81. The number of piperidine rings is 2. The summed E-state index contributed by atoms with van der Waals surface area (Å²) in [7, 11) is -3.75. The second-order valence-electron chi connectivity index (χ2n) is 17.5. The number of carbonyl (C=O) groups excluding carboxylic acids is 4. The van der Waals surface area contributed by atoms with E-state index in [1.54, 1.807) is 38.4 Å². The summed E-state index contributed by atoms with van der Waals surface area (Å²) in [6, 6.07) is 24.8. The van der Waals surface area contributed by atoms with Crippen LogP contribution in [0, 0.1) is 0 Å². The van der Waals surface area contributed by atoms with E-state index in [1.807, 2.05) is 68.4 Å². The number of imide groups is 1. The molecule has 4 aliphatic rings. The van der Waals surface area contributed by atoms with Gasteiger partial charge in [0.2, 0.25) is 21.8 Å². The van der Waals surface area contributed by atoms with Crippen LogP contribution in [0.5, 0.6) is 0 Å². The molecule has 64 heavy (non-hydrogen) atoms. The average Bonchev–Trinajstić information content (AvgIpc) is 3.91. The van der Waals surface area contributed by atoms with E-state index in [-0.39, 0.29) is 47.4 Å². The quantitative estimate of drug-likeness (QED) is 0.0998. The lowest BCUT2D eigenvalue weighted by Crippen LogP contribution is -2.55. The predicted octanol–water partition coefficient (Wildman–Crippen LogP) is 7.75. The third-order valence-corrected chi connectivity index (χ3v) is 16.3. The number of rotatable bonds is 13. The number of nitrogens with one attached hydrogen (secondary N) is 2. The maximum absolute atomic E-state index is 14.1. The number of carbonyl (C=O) groups is 5. The number of aryl methyl sites for hydroxylation is 1. The summed E-state index contributed by atoms with van der Waals surface area (Å²) >= 11 is 7.50. The van der Waals surface area contributed by atoms with Gasteiger partial charge in [-0.3, -0.25) is 29.5 Å². The number of anilines is 3. The number of amides is 5. The van der Waals surface area contributed by atoms with Crippen molar-refractivity contribution in [3.8, 4) is 10.4 Å². The van der Waals surface area contributed by atoms with Crippen molar-refractivity contribution in [1.29, 1.82) is 0 Å². The van der Waals surface area contributed by atoms with Gasteiger partial charge in [-0.25, -0.2) is 18.0 Å². The molecule has 5 heterocycles. The van der Waals surface area contributed by atoms with E-state index in [0.29, 0.717) is 84.3 Å². The van der Waals surface area contributed by atoms with E-state index in [1.165, 1.54) is 11.0 Å².